The van der Waals surface area contributed by atoms with E-state index in [2.05, 4.69) is 4.79 Å². The molecule has 70 valence electrons. The van der Waals surface area contributed by atoms with Crippen molar-refractivity contribution < 1.29 is 24.3 Å². The van der Waals surface area contributed by atoms with Gasteiger partial charge in [-0.3, -0.25) is 9.59 Å². The first-order valence-electron chi connectivity index (χ1n) is 3.13. The van der Waals surface area contributed by atoms with E-state index >= 15 is 0 Å². The van der Waals surface area contributed by atoms with Gasteiger partial charge in [0.1, 0.15) is 0 Å². The first kappa shape index (κ1) is 11.5. The van der Waals surface area contributed by atoms with Gasteiger partial charge in [0.2, 0.25) is 0 Å². The van der Waals surface area contributed by atoms with Crippen LogP contribution in [0.25, 0.3) is 0 Å². The molecule has 0 radical (unpaired) electrons. The molecule has 13 heavy (non-hydrogen) atoms. The number of hydrogen-bond acceptors (Lipinski definition) is 5. The van der Waals surface area contributed by atoms with Crippen molar-refractivity contribution in [3.05, 3.63) is 0 Å². The fourth-order valence-electron chi connectivity index (χ4n) is 0.465. The van der Waals surface area contributed by atoms with E-state index in [1.165, 1.54) is 6.92 Å². The Morgan fingerprint density at radius 2 is 2.00 bits per heavy atom. The highest BCUT2D eigenvalue weighted by atomic mass is 32.2. The third-order valence-electron chi connectivity index (χ3n) is 0.985. The van der Waals surface area contributed by atoms with E-state index in [4.69, 9.17) is 10.6 Å². The first-order valence-corrected chi connectivity index (χ1v) is 4.12. The summed E-state index contributed by atoms with van der Waals surface area (Å²) in [5.74, 6) is -2.67. The van der Waals surface area contributed by atoms with Crippen molar-refractivity contribution in [2.24, 2.45) is 0 Å². The van der Waals surface area contributed by atoms with Gasteiger partial charge in [-0.05, 0) is 0 Å². The van der Waals surface area contributed by atoms with E-state index in [-0.39, 0.29) is 10.9 Å². The predicted molar refractivity (Wildman–Crippen MR) is 43.8 cm³/mol. The Hall–Kier alpha value is -1.46. The lowest BCUT2D eigenvalue weighted by atomic mass is 10.3. The molecule has 0 aliphatic carbocycles. The summed E-state index contributed by atoms with van der Waals surface area (Å²) in [6.45, 7) is 1.26. The maximum absolute atomic E-state index is 10.9. The number of rotatable bonds is 4. The molecule has 0 atom stereocenters. The van der Waals surface area contributed by atoms with Crippen LogP contribution in [0.5, 0.6) is 0 Å². The van der Waals surface area contributed by atoms with Crippen LogP contribution in [-0.4, -0.2) is 38.2 Å². The minimum Gasteiger partial charge on any atom is -0.472 e. The topological polar surface area (TPSA) is 109 Å². The first-order chi connectivity index (χ1) is 5.99. The zero-order chi connectivity index (χ0) is 10.4. The average molecular weight is 203 g/mol. The lowest BCUT2D eigenvalue weighted by Gasteiger charge is -1.88. The van der Waals surface area contributed by atoms with Crippen molar-refractivity contribution in [2.75, 3.05) is 5.75 Å². The third kappa shape index (κ3) is 4.19. The van der Waals surface area contributed by atoms with Crippen LogP contribution in [-0.2, 0) is 14.4 Å². The smallest absolute Gasteiger partial charge is 0.472 e. The molecule has 0 saturated heterocycles. The fourth-order valence-corrected chi connectivity index (χ4v) is 0.936. The molecule has 0 aromatic carbocycles. The maximum atomic E-state index is 10.9. The van der Waals surface area contributed by atoms with Crippen LogP contribution in [0.15, 0.2) is 0 Å². The van der Waals surface area contributed by atoms with Gasteiger partial charge in [0.05, 0.1) is 16.1 Å². The zero-order valence-electron chi connectivity index (χ0n) is 6.73. The Kier molecular flexibility index (Phi) is 4.64. The Bertz CT molecular complexity index is 306. The van der Waals surface area contributed by atoms with Crippen molar-refractivity contribution in [2.45, 2.75) is 6.92 Å². The summed E-state index contributed by atoms with van der Waals surface area (Å²) in [5.41, 5.74) is 5.55. The number of carboxylic acid groups (broad SMARTS) is 1. The second kappa shape index (κ2) is 5.23. The summed E-state index contributed by atoms with van der Waals surface area (Å²) < 4.78 is 0. The minimum absolute atomic E-state index is 0.289. The third-order valence-corrected chi connectivity index (χ3v) is 1.80. The minimum atomic E-state index is -1.55. The molecule has 0 heterocycles. The molecule has 0 rings (SSSR count). The van der Waals surface area contributed by atoms with Crippen LogP contribution >= 0.6 is 11.8 Å². The summed E-state index contributed by atoms with van der Waals surface area (Å²) in [7, 11) is 0. The van der Waals surface area contributed by atoms with E-state index in [1.54, 1.807) is 0 Å². The highest BCUT2D eigenvalue weighted by molar-refractivity contribution is 8.14. The zero-order valence-corrected chi connectivity index (χ0v) is 7.55. The quantitative estimate of drug-likeness (QED) is 0.279. The molecule has 0 amide bonds. The number of aliphatic carboxylic acids is 1. The highest BCUT2D eigenvalue weighted by Gasteiger charge is 2.31. The van der Waals surface area contributed by atoms with Gasteiger partial charge in [-0.15, -0.1) is 0 Å². The van der Waals surface area contributed by atoms with Crippen molar-refractivity contribution >= 4 is 34.3 Å². The lowest BCUT2D eigenvalue weighted by molar-refractivity contribution is -0.152. The number of carboxylic acids is 1. The molecule has 7 heteroatoms. The number of carbonyl (C=O) groups excluding carboxylic acids is 2. The molecule has 0 aromatic rings. The molecule has 6 nitrogen and oxygen atoms in total. The number of nitrogens with zero attached hydrogens (tertiary/aromatic N) is 1. The molecule has 0 aromatic heterocycles. The molecular formula is C6H7N2O4S+. The van der Waals surface area contributed by atoms with Crippen LogP contribution in [0.4, 0.5) is 0 Å². The lowest BCUT2D eigenvalue weighted by Crippen LogP contribution is -2.26. The summed E-state index contributed by atoms with van der Waals surface area (Å²) in [4.78, 5) is 34.1. The van der Waals surface area contributed by atoms with Crippen LogP contribution < -0.4 is 0 Å². The average Bonchev–Trinajstić information content (AvgIpc) is 2.01. The Morgan fingerprint density at radius 1 is 1.46 bits per heavy atom. The van der Waals surface area contributed by atoms with E-state index in [1.807, 2.05) is 0 Å². The molecule has 0 bridgehead atoms. The van der Waals surface area contributed by atoms with Gasteiger partial charge >= 0.3 is 11.7 Å². The van der Waals surface area contributed by atoms with Crippen LogP contribution in [0.2, 0.25) is 0 Å². The van der Waals surface area contributed by atoms with Crippen LogP contribution in [0.1, 0.15) is 6.92 Å². The van der Waals surface area contributed by atoms with Gasteiger partial charge in [-0.25, -0.2) is 4.79 Å². The van der Waals surface area contributed by atoms with Crippen LogP contribution in [0.3, 0.4) is 0 Å². The van der Waals surface area contributed by atoms with Crippen molar-refractivity contribution in [1.29, 1.82) is 5.53 Å². The second-order valence-electron chi connectivity index (χ2n) is 1.97. The van der Waals surface area contributed by atoms with Crippen molar-refractivity contribution in [3.8, 4) is 0 Å². The van der Waals surface area contributed by atoms with Crippen molar-refractivity contribution in [1.82, 2.24) is 0 Å². The van der Waals surface area contributed by atoms with Gasteiger partial charge in [0.15, 0.2) is 5.12 Å². The maximum Gasteiger partial charge on any atom is 0.491 e. The Morgan fingerprint density at radius 3 is 2.31 bits per heavy atom. The summed E-state index contributed by atoms with van der Waals surface area (Å²) in [6.07, 6.45) is 0. The number of ketones is 1. The molecule has 0 saturated carbocycles. The van der Waals surface area contributed by atoms with E-state index in [0.29, 0.717) is 11.8 Å². The summed E-state index contributed by atoms with van der Waals surface area (Å²) >= 11 is 0.685. The van der Waals surface area contributed by atoms with Gasteiger partial charge in [0.25, 0.3) is 5.78 Å². The fraction of sp³-hybridized carbons (Fsp3) is 0.333. The standard InChI is InChI=1S/C6H6N2O4S/c1-3(9)13-2-4(10)5(8-7)6(11)12/h7H,2H2,1H3/p+1. The highest BCUT2D eigenvalue weighted by Crippen LogP contribution is 2.00. The number of thioether (sulfide) groups is 1. The van der Waals surface area contributed by atoms with Crippen molar-refractivity contribution in [3.63, 3.8) is 0 Å². The van der Waals surface area contributed by atoms with Gasteiger partial charge < -0.3 is 5.11 Å². The van der Waals surface area contributed by atoms with E-state index in [9.17, 15) is 14.4 Å². The van der Waals surface area contributed by atoms with E-state index < -0.39 is 17.5 Å². The predicted octanol–water partition coefficient (Wildman–Crippen LogP) is -0.400. The summed E-state index contributed by atoms with van der Waals surface area (Å²) in [6, 6.07) is 0. The number of hydrogen-bond donors (Lipinski definition) is 2. The molecule has 0 aliphatic heterocycles. The van der Waals surface area contributed by atoms with Gasteiger partial charge in [-0.2, -0.15) is 0 Å². The van der Waals surface area contributed by atoms with E-state index in [0.717, 1.165) is 0 Å². The monoisotopic (exact) mass is 203 g/mol. The molecule has 0 unspecified atom stereocenters. The van der Waals surface area contributed by atoms with Crippen LogP contribution in [0, 0.1) is 5.53 Å². The van der Waals surface area contributed by atoms with Gasteiger partial charge in [0, 0.05) is 6.92 Å². The largest absolute Gasteiger partial charge is 0.491 e. The number of Topliss-reactive ketones (excluding diaryl/α,β-unsaturated/α-hetero) is 1. The SMILES string of the molecule is CC(=O)SCC(=O)C(=[N+]=N)C(=O)O. The molecule has 2 N–H and O–H groups in total. The summed E-state index contributed by atoms with van der Waals surface area (Å²) in [5, 5.41) is 8.05. The van der Waals surface area contributed by atoms with Gasteiger partial charge in [-0.1, -0.05) is 11.8 Å². The second-order valence-corrected chi connectivity index (χ2v) is 3.12. The number of carbonyl (C=O) groups is 3. The molecule has 0 fully saturated rings. The normalized spacial score (nSPS) is 8.69. The number of nitrogens with one attached hydrogen (secondary N) is 1. The molecular weight excluding hydrogens is 196 g/mol. The molecule has 0 aliphatic rings. The Balaban J connectivity index is 4.34. The molecule has 0 spiro atoms. The Labute approximate surface area is 77.5 Å².